The number of para-hydroxylation sites is 1. The first-order valence-corrected chi connectivity index (χ1v) is 7.61. The molecule has 0 fully saturated rings. The number of carbonyl (C=O) groups excluding carboxylic acids is 1. The van der Waals surface area contributed by atoms with Crippen molar-refractivity contribution in [1.82, 2.24) is 5.43 Å². The fourth-order valence-electron chi connectivity index (χ4n) is 1.99. The van der Waals surface area contributed by atoms with E-state index in [1.807, 2.05) is 0 Å². The Hall–Kier alpha value is -3.55. The van der Waals surface area contributed by atoms with Crippen molar-refractivity contribution in [2.45, 2.75) is 13.0 Å². The minimum absolute atomic E-state index is 0.0516. The summed E-state index contributed by atoms with van der Waals surface area (Å²) in [5, 5.41) is 22.1. The van der Waals surface area contributed by atoms with Crippen LogP contribution in [0.1, 0.15) is 22.8 Å². The molecule has 0 unspecified atom stereocenters. The van der Waals surface area contributed by atoms with Crippen LogP contribution in [-0.4, -0.2) is 41.5 Å². The molecule has 0 aliphatic heterocycles. The van der Waals surface area contributed by atoms with Gasteiger partial charge in [-0.05, 0) is 43.3 Å². The Bertz CT molecular complexity index is 817. The molecule has 0 saturated heterocycles. The number of phenolic OH excluding ortho intramolecular Hbond substituents is 1. The molecule has 8 nitrogen and oxygen atoms in total. The van der Waals surface area contributed by atoms with Gasteiger partial charge < -0.3 is 19.7 Å². The summed E-state index contributed by atoms with van der Waals surface area (Å²) in [6.45, 7) is 1.39. The predicted molar refractivity (Wildman–Crippen MR) is 93.9 cm³/mol. The van der Waals surface area contributed by atoms with Gasteiger partial charge in [-0.3, -0.25) is 4.79 Å². The third-order valence-electron chi connectivity index (χ3n) is 3.37. The van der Waals surface area contributed by atoms with Gasteiger partial charge in [-0.25, -0.2) is 10.2 Å². The quantitative estimate of drug-likeness (QED) is 0.515. The molecule has 3 N–H and O–H groups in total. The van der Waals surface area contributed by atoms with Crippen molar-refractivity contribution in [1.29, 1.82) is 0 Å². The summed E-state index contributed by atoms with van der Waals surface area (Å²) in [4.78, 5) is 23.0. The molecule has 0 bridgehead atoms. The van der Waals surface area contributed by atoms with E-state index in [0.29, 0.717) is 16.9 Å². The number of carbonyl (C=O) groups is 2. The fourth-order valence-corrected chi connectivity index (χ4v) is 1.99. The molecule has 0 heterocycles. The summed E-state index contributed by atoms with van der Waals surface area (Å²) in [6, 6.07) is 10.6. The number of ether oxygens (including phenoxy) is 2. The SMILES string of the molecule is COc1cccc(/C=N\NC(=O)c2ccc(O)cc2)c1O[C@@H](C)C(=O)O. The van der Waals surface area contributed by atoms with Crippen molar-refractivity contribution in [3.05, 3.63) is 53.6 Å². The Balaban J connectivity index is 2.17. The molecule has 136 valence electrons. The van der Waals surface area contributed by atoms with Crippen LogP contribution >= 0.6 is 0 Å². The van der Waals surface area contributed by atoms with Crippen molar-refractivity contribution in [2.24, 2.45) is 5.10 Å². The number of carboxylic acid groups (broad SMARTS) is 1. The monoisotopic (exact) mass is 358 g/mol. The largest absolute Gasteiger partial charge is 0.508 e. The van der Waals surface area contributed by atoms with E-state index in [0.717, 1.165) is 0 Å². The van der Waals surface area contributed by atoms with Gasteiger partial charge in [0.15, 0.2) is 17.6 Å². The molecule has 2 aromatic rings. The smallest absolute Gasteiger partial charge is 0.344 e. The van der Waals surface area contributed by atoms with Crippen LogP contribution < -0.4 is 14.9 Å². The molecule has 1 amide bonds. The Labute approximate surface area is 149 Å². The topological polar surface area (TPSA) is 117 Å². The zero-order valence-electron chi connectivity index (χ0n) is 14.2. The number of hydrogen-bond acceptors (Lipinski definition) is 6. The number of rotatable bonds is 7. The second kappa shape index (κ2) is 8.52. The highest BCUT2D eigenvalue weighted by atomic mass is 16.5. The van der Waals surface area contributed by atoms with Crippen molar-refractivity contribution in [3.63, 3.8) is 0 Å². The standard InChI is InChI=1S/C18H18N2O6/c1-11(18(23)24)26-16-13(4-3-5-15(16)25-2)10-19-20-17(22)12-6-8-14(21)9-7-12/h3-11,21H,1-2H3,(H,20,22)(H,23,24)/b19-10-/t11-/m0/s1. The van der Waals surface area contributed by atoms with E-state index in [2.05, 4.69) is 10.5 Å². The third kappa shape index (κ3) is 4.73. The second-order valence-electron chi connectivity index (χ2n) is 5.22. The maximum atomic E-state index is 12.0. The van der Waals surface area contributed by atoms with Crippen LogP contribution in [0.2, 0.25) is 0 Å². The first kappa shape index (κ1) is 18.8. The highest BCUT2D eigenvalue weighted by molar-refractivity contribution is 5.95. The van der Waals surface area contributed by atoms with Gasteiger partial charge in [0.05, 0.1) is 13.3 Å². The number of benzene rings is 2. The lowest BCUT2D eigenvalue weighted by Crippen LogP contribution is -2.24. The van der Waals surface area contributed by atoms with Crippen molar-refractivity contribution >= 4 is 18.1 Å². The number of carboxylic acids is 1. The highest BCUT2D eigenvalue weighted by Crippen LogP contribution is 2.31. The van der Waals surface area contributed by atoms with Gasteiger partial charge in [0.1, 0.15) is 5.75 Å². The van der Waals surface area contributed by atoms with Crippen molar-refractivity contribution < 1.29 is 29.3 Å². The molecule has 0 radical (unpaired) electrons. The molecular weight excluding hydrogens is 340 g/mol. The van der Waals surface area contributed by atoms with E-state index in [-0.39, 0.29) is 11.5 Å². The number of aromatic hydroxyl groups is 1. The minimum atomic E-state index is -1.13. The van der Waals surface area contributed by atoms with E-state index in [1.54, 1.807) is 18.2 Å². The summed E-state index contributed by atoms with van der Waals surface area (Å²) in [5.41, 5.74) is 3.10. The number of hydrazone groups is 1. The normalized spacial score (nSPS) is 11.8. The van der Waals surface area contributed by atoms with Crippen LogP contribution in [0.15, 0.2) is 47.6 Å². The molecule has 0 spiro atoms. The van der Waals surface area contributed by atoms with E-state index in [1.165, 1.54) is 44.5 Å². The summed E-state index contributed by atoms with van der Waals surface area (Å²) < 4.78 is 10.6. The summed E-state index contributed by atoms with van der Waals surface area (Å²) in [5.74, 6) is -1.000. The number of phenols is 1. The maximum Gasteiger partial charge on any atom is 0.344 e. The minimum Gasteiger partial charge on any atom is -0.508 e. The summed E-state index contributed by atoms with van der Waals surface area (Å²) >= 11 is 0. The summed E-state index contributed by atoms with van der Waals surface area (Å²) in [7, 11) is 1.43. The first-order chi connectivity index (χ1) is 12.4. The van der Waals surface area contributed by atoms with Gasteiger partial charge in [-0.1, -0.05) is 6.07 Å². The molecule has 0 saturated carbocycles. The Kier molecular flexibility index (Phi) is 6.15. The molecule has 0 aliphatic rings. The third-order valence-corrected chi connectivity index (χ3v) is 3.37. The van der Waals surface area contributed by atoms with Gasteiger partial charge in [-0.2, -0.15) is 5.10 Å². The van der Waals surface area contributed by atoms with E-state index < -0.39 is 18.0 Å². The zero-order valence-corrected chi connectivity index (χ0v) is 14.2. The number of methoxy groups -OCH3 is 1. The van der Waals surface area contributed by atoms with Gasteiger partial charge in [0.25, 0.3) is 5.91 Å². The van der Waals surface area contributed by atoms with Crippen LogP contribution in [0, 0.1) is 0 Å². The molecule has 0 aromatic heterocycles. The average Bonchev–Trinajstić information content (AvgIpc) is 2.63. The number of aliphatic carboxylic acids is 1. The molecule has 2 aromatic carbocycles. The number of nitrogens with one attached hydrogen (secondary N) is 1. The summed E-state index contributed by atoms with van der Waals surface area (Å²) in [6.07, 6.45) is 0.232. The fraction of sp³-hybridized carbons (Fsp3) is 0.167. The molecule has 1 atom stereocenters. The van der Waals surface area contributed by atoms with E-state index in [4.69, 9.17) is 14.6 Å². The lowest BCUT2D eigenvalue weighted by atomic mass is 10.2. The lowest BCUT2D eigenvalue weighted by molar-refractivity contribution is -0.144. The first-order valence-electron chi connectivity index (χ1n) is 7.61. The Morgan fingerprint density at radius 3 is 2.50 bits per heavy atom. The Morgan fingerprint density at radius 1 is 1.19 bits per heavy atom. The van der Waals surface area contributed by atoms with Gasteiger partial charge in [-0.15, -0.1) is 0 Å². The van der Waals surface area contributed by atoms with Crippen LogP contribution in [0.3, 0.4) is 0 Å². The van der Waals surface area contributed by atoms with E-state index in [9.17, 15) is 14.7 Å². The lowest BCUT2D eigenvalue weighted by Gasteiger charge is -2.15. The van der Waals surface area contributed by atoms with Crippen LogP contribution in [0.25, 0.3) is 0 Å². The number of amides is 1. The highest BCUT2D eigenvalue weighted by Gasteiger charge is 2.18. The number of nitrogens with zero attached hydrogens (tertiary/aromatic N) is 1. The van der Waals surface area contributed by atoms with Gasteiger partial charge in [0, 0.05) is 11.1 Å². The van der Waals surface area contributed by atoms with Crippen LogP contribution in [0.4, 0.5) is 0 Å². The zero-order chi connectivity index (χ0) is 19.1. The molecule has 0 aliphatic carbocycles. The van der Waals surface area contributed by atoms with Crippen LogP contribution in [0.5, 0.6) is 17.2 Å². The molecule has 26 heavy (non-hydrogen) atoms. The van der Waals surface area contributed by atoms with Gasteiger partial charge >= 0.3 is 5.97 Å². The van der Waals surface area contributed by atoms with E-state index >= 15 is 0 Å². The maximum absolute atomic E-state index is 12.0. The van der Waals surface area contributed by atoms with Gasteiger partial charge in [0.2, 0.25) is 0 Å². The number of hydrogen-bond donors (Lipinski definition) is 3. The molecule has 2 rings (SSSR count). The van der Waals surface area contributed by atoms with Crippen molar-refractivity contribution in [2.75, 3.05) is 7.11 Å². The average molecular weight is 358 g/mol. The van der Waals surface area contributed by atoms with Crippen molar-refractivity contribution in [3.8, 4) is 17.2 Å². The Morgan fingerprint density at radius 2 is 1.88 bits per heavy atom. The second-order valence-corrected chi connectivity index (χ2v) is 5.22. The van der Waals surface area contributed by atoms with Crippen LogP contribution in [-0.2, 0) is 4.79 Å². The predicted octanol–water partition coefficient (Wildman–Crippen LogP) is 2.02. The molecule has 8 heteroatoms. The molecular formula is C18H18N2O6.